The highest BCUT2D eigenvalue weighted by Gasteiger charge is 2.35. The first-order valence-electron chi connectivity index (χ1n) is 9.37. The monoisotopic (exact) mass is 363 g/mol. The number of ether oxygens (including phenoxy) is 1. The number of amides is 1. The molecule has 1 saturated heterocycles. The zero-order valence-corrected chi connectivity index (χ0v) is 15.7. The number of nitrogens with one attached hydrogen (secondary N) is 2. The van der Waals surface area contributed by atoms with Crippen molar-refractivity contribution >= 4 is 16.8 Å². The van der Waals surface area contributed by atoms with Gasteiger partial charge >= 0.3 is 0 Å². The Balaban J connectivity index is 1.55. The summed E-state index contributed by atoms with van der Waals surface area (Å²) in [4.78, 5) is 18.4. The molecule has 140 valence electrons. The number of hydrogen-bond donors (Lipinski definition) is 2. The van der Waals surface area contributed by atoms with Crippen LogP contribution in [0.25, 0.3) is 10.9 Å². The molecule has 1 aromatic heterocycles. The van der Waals surface area contributed by atoms with Gasteiger partial charge in [0.25, 0.3) is 5.91 Å². The molecule has 1 aliphatic heterocycles. The Hall–Kier alpha value is -2.79. The molecule has 4 rings (SSSR count). The van der Waals surface area contributed by atoms with Crippen molar-refractivity contribution < 1.29 is 9.53 Å². The van der Waals surface area contributed by atoms with Gasteiger partial charge in [-0.05, 0) is 49.6 Å². The van der Waals surface area contributed by atoms with Crippen molar-refractivity contribution in [2.75, 3.05) is 20.7 Å². The first-order valence-corrected chi connectivity index (χ1v) is 9.37. The SMILES string of the molecule is CNC1CC(Cc2ccccc2)CN1C(=O)c1cc2c(OC)cccc2[nH]1. The maximum atomic E-state index is 13.2. The van der Waals surface area contributed by atoms with Crippen LogP contribution >= 0.6 is 0 Å². The van der Waals surface area contributed by atoms with Gasteiger partial charge in [-0.1, -0.05) is 36.4 Å². The summed E-state index contributed by atoms with van der Waals surface area (Å²) in [6.45, 7) is 0.756. The van der Waals surface area contributed by atoms with Crippen LogP contribution in [0.1, 0.15) is 22.5 Å². The number of fused-ring (bicyclic) bond motifs is 1. The van der Waals surface area contributed by atoms with Crippen LogP contribution < -0.4 is 10.1 Å². The lowest BCUT2D eigenvalue weighted by Gasteiger charge is -2.23. The molecule has 0 bridgehead atoms. The van der Waals surface area contributed by atoms with E-state index in [1.807, 2.05) is 42.3 Å². The number of rotatable bonds is 5. The van der Waals surface area contributed by atoms with Gasteiger partial charge in [0.1, 0.15) is 11.4 Å². The first-order chi connectivity index (χ1) is 13.2. The molecule has 2 atom stereocenters. The minimum Gasteiger partial charge on any atom is -0.496 e. The molecule has 27 heavy (non-hydrogen) atoms. The third kappa shape index (κ3) is 3.43. The summed E-state index contributed by atoms with van der Waals surface area (Å²) >= 11 is 0. The van der Waals surface area contributed by atoms with Crippen LogP contribution in [0, 0.1) is 5.92 Å². The van der Waals surface area contributed by atoms with Gasteiger partial charge in [-0.15, -0.1) is 0 Å². The fourth-order valence-electron chi connectivity index (χ4n) is 4.09. The summed E-state index contributed by atoms with van der Waals surface area (Å²) in [5.74, 6) is 1.26. The lowest BCUT2D eigenvalue weighted by Crippen LogP contribution is -2.43. The zero-order valence-electron chi connectivity index (χ0n) is 15.7. The van der Waals surface area contributed by atoms with Gasteiger partial charge in [-0.2, -0.15) is 0 Å². The van der Waals surface area contributed by atoms with Crippen molar-refractivity contribution in [1.82, 2.24) is 15.2 Å². The number of carbonyl (C=O) groups is 1. The summed E-state index contributed by atoms with van der Waals surface area (Å²) in [6.07, 6.45) is 2.00. The second kappa shape index (κ2) is 7.45. The summed E-state index contributed by atoms with van der Waals surface area (Å²) in [5, 5.41) is 4.24. The average molecular weight is 363 g/mol. The summed E-state index contributed by atoms with van der Waals surface area (Å²) in [6, 6.07) is 18.2. The maximum absolute atomic E-state index is 13.2. The van der Waals surface area contributed by atoms with E-state index in [9.17, 15) is 4.79 Å². The Bertz CT molecular complexity index is 935. The van der Waals surface area contributed by atoms with Crippen molar-refractivity contribution in [2.45, 2.75) is 19.0 Å². The quantitative estimate of drug-likeness (QED) is 0.730. The summed E-state index contributed by atoms with van der Waals surface area (Å²) in [5.41, 5.74) is 2.84. The highest BCUT2D eigenvalue weighted by Crippen LogP contribution is 2.29. The standard InChI is InChI=1S/C22H25N3O2/c1-23-21-12-16(11-15-7-4-3-5-8-15)14-25(21)22(26)19-13-17-18(24-19)9-6-10-20(17)27-2/h3-10,13,16,21,23-24H,11-12,14H2,1-2H3. The van der Waals surface area contributed by atoms with Gasteiger partial charge in [0, 0.05) is 17.4 Å². The molecular formula is C22H25N3O2. The summed E-state index contributed by atoms with van der Waals surface area (Å²) < 4.78 is 5.41. The summed E-state index contributed by atoms with van der Waals surface area (Å²) in [7, 11) is 3.57. The van der Waals surface area contributed by atoms with Crippen molar-refractivity contribution in [2.24, 2.45) is 5.92 Å². The average Bonchev–Trinajstić information content (AvgIpc) is 3.32. The van der Waals surface area contributed by atoms with Crippen LogP contribution in [-0.4, -0.2) is 42.7 Å². The van der Waals surface area contributed by atoms with Crippen LogP contribution in [0.2, 0.25) is 0 Å². The third-order valence-corrected chi connectivity index (χ3v) is 5.42. The molecule has 1 amide bonds. The number of nitrogens with zero attached hydrogens (tertiary/aromatic N) is 1. The number of aromatic nitrogens is 1. The normalized spacial score (nSPS) is 19.6. The highest BCUT2D eigenvalue weighted by molar-refractivity contribution is 5.99. The van der Waals surface area contributed by atoms with E-state index in [1.54, 1.807) is 7.11 Å². The number of likely N-dealkylation sites (tertiary alicyclic amines) is 1. The van der Waals surface area contributed by atoms with E-state index in [0.29, 0.717) is 11.6 Å². The minimum absolute atomic E-state index is 0.0307. The predicted octanol–water partition coefficient (Wildman–Crippen LogP) is 3.43. The molecule has 0 radical (unpaired) electrons. The van der Waals surface area contributed by atoms with Gasteiger partial charge in [-0.25, -0.2) is 0 Å². The van der Waals surface area contributed by atoms with E-state index < -0.39 is 0 Å². The Morgan fingerprint density at radius 2 is 2.04 bits per heavy atom. The van der Waals surface area contributed by atoms with E-state index in [-0.39, 0.29) is 12.1 Å². The molecule has 5 nitrogen and oxygen atoms in total. The van der Waals surface area contributed by atoms with Crippen LogP contribution in [0.5, 0.6) is 5.75 Å². The van der Waals surface area contributed by atoms with E-state index in [2.05, 4.69) is 34.6 Å². The fraction of sp³-hybridized carbons (Fsp3) is 0.318. The molecule has 1 fully saturated rings. The van der Waals surface area contributed by atoms with Gasteiger partial charge < -0.3 is 19.9 Å². The van der Waals surface area contributed by atoms with Crippen molar-refractivity contribution in [3.63, 3.8) is 0 Å². The molecule has 2 N–H and O–H groups in total. The molecular weight excluding hydrogens is 338 g/mol. The molecule has 3 aromatic rings. The molecule has 2 unspecified atom stereocenters. The van der Waals surface area contributed by atoms with Crippen LogP contribution in [-0.2, 0) is 6.42 Å². The highest BCUT2D eigenvalue weighted by atomic mass is 16.5. The predicted molar refractivity (Wildman–Crippen MR) is 107 cm³/mol. The van der Waals surface area contributed by atoms with E-state index in [1.165, 1.54) is 5.56 Å². The first kappa shape index (κ1) is 17.6. The molecule has 0 aliphatic carbocycles. The van der Waals surface area contributed by atoms with Crippen molar-refractivity contribution in [3.8, 4) is 5.75 Å². The van der Waals surface area contributed by atoms with Gasteiger partial charge in [-0.3, -0.25) is 4.79 Å². The number of carbonyl (C=O) groups excluding carboxylic acids is 1. The Labute approximate surface area is 159 Å². The lowest BCUT2D eigenvalue weighted by molar-refractivity contribution is 0.0709. The molecule has 1 aliphatic rings. The Kier molecular flexibility index (Phi) is 4.86. The van der Waals surface area contributed by atoms with E-state index >= 15 is 0 Å². The smallest absolute Gasteiger partial charge is 0.271 e. The molecule has 0 spiro atoms. The minimum atomic E-state index is 0.0307. The van der Waals surface area contributed by atoms with E-state index in [0.717, 1.165) is 36.0 Å². The van der Waals surface area contributed by atoms with Crippen LogP contribution in [0.4, 0.5) is 0 Å². The molecule has 2 heterocycles. The van der Waals surface area contributed by atoms with Crippen molar-refractivity contribution in [1.29, 1.82) is 0 Å². The van der Waals surface area contributed by atoms with Crippen LogP contribution in [0.3, 0.4) is 0 Å². The second-order valence-electron chi connectivity index (χ2n) is 7.16. The Morgan fingerprint density at radius 3 is 2.78 bits per heavy atom. The topological polar surface area (TPSA) is 57.4 Å². The largest absolute Gasteiger partial charge is 0.496 e. The van der Waals surface area contributed by atoms with Gasteiger partial charge in [0.15, 0.2) is 0 Å². The third-order valence-electron chi connectivity index (χ3n) is 5.42. The maximum Gasteiger partial charge on any atom is 0.271 e. The number of aromatic amines is 1. The van der Waals surface area contributed by atoms with E-state index in [4.69, 9.17) is 4.74 Å². The van der Waals surface area contributed by atoms with Gasteiger partial charge in [0.2, 0.25) is 0 Å². The fourth-order valence-corrected chi connectivity index (χ4v) is 4.09. The number of H-pyrrole nitrogens is 1. The van der Waals surface area contributed by atoms with Gasteiger partial charge in [0.05, 0.1) is 13.3 Å². The lowest BCUT2D eigenvalue weighted by atomic mass is 9.98. The zero-order chi connectivity index (χ0) is 18.8. The molecule has 2 aromatic carbocycles. The number of benzene rings is 2. The van der Waals surface area contributed by atoms with Crippen LogP contribution in [0.15, 0.2) is 54.6 Å². The Morgan fingerprint density at radius 1 is 1.22 bits per heavy atom. The van der Waals surface area contributed by atoms with Crippen molar-refractivity contribution in [3.05, 3.63) is 65.9 Å². The number of methoxy groups -OCH3 is 1. The number of hydrogen-bond acceptors (Lipinski definition) is 3. The molecule has 0 saturated carbocycles. The molecule has 5 heteroatoms. The second-order valence-corrected chi connectivity index (χ2v) is 7.16.